The van der Waals surface area contributed by atoms with E-state index in [9.17, 15) is 5.11 Å². The number of aromatic hydroxyl groups is 1. The van der Waals surface area contributed by atoms with Gasteiger partial charge in [-0.3, -0.25) is 0 Å². The van der Waals surface area contributed by atoms with Crippen LogP contribution in [-0.2, 0) is 6.54 Å². The number of phenols is 1. The van der Waals surface area contributed by atoms with Crippen molar-refractivity contribution in [1.29, 1.82) is 0 Å². The number of hydrogen-bond donors (Lipinski definition) is 3. The summed E-state index contributed by atoms with van der Waals surface area (Å²) in [4.78, 5) is 5.30. The third-order valence-electron chi connectivity index (χ3n) is 2.30. The molecular formula is C13H14N2O2. The van der Waals surface area contributed by atoms with Crippen LogP contribution < -0.4 is 16.1 Å². The number of nitrogens with two attached hydrogens (primary N) is 1. The van der Waals surface area contributed by atoms with Crippen molar-refractivity contribution in [3.05, 3.63) is 54.1 Å². The fraction of sp³-hybridized carbons (Fsp3) is 0.0769. The molecule has 0 heterocycles. The molecule has 0 amide bonds. The lowest BCUT2D eigenvalue weighted by atomic mass is 10.2. The van der Waals surface area contributed by atoms with Gasteiger partial charge < -0.3 is 15.7 Å². The molecule has 4 nitrogen and oxygen atoms in total. The molecule has 4 N–H and O–H groups in total. The number of nitrogen functional groups attached to an aromatic ring is 1. The number of phenolic OH excluding ortho intramolecular Hbond substituents is 1. The Hall–Kier alpha value is -2.20. The summed E-state index contributed by atoms with van der Waals surface area (Å²) in [6, 6.07) is 14.3. The highest BCUT2D eigenvalue weighted by atomic mass is 16.6. The molecule has 0 spiro atoms. The molecule has 88 valence electrons. The second kappa shape index (κ2) is 5.23. The molecule has 0 aliphatic heterocycles. The average molecular weight is 230 g/mol. The fourth-order valence-corrected chi connectivity index (χ4v) is 1.43. The van der Waals surface area contributed by atoms with Crippen LogP contribution in [0.25, 0.3) is 0 Å². The topological polar surface area (TPSA) is 67.5 Å². The monoisotopic (exact) mass is 230 g/mol. The van der Waals surface area contributed by atoms with E-state index in [4.69, 9.17) is 10.6 Å². The summed E-state index contributed by atoms with van der Waals surface area (Å²) in [6.07, 6.45) is 0. The lowest BCUT2D eigenvalue weighted by molar-refractivity contribution is 0.189. The van der Waals surface area contributed by atoms with E-state index >= 15 is 0 Å². The summed E-state index contributed by atoms with van der Waals surface area (Å²) in [5, 5.41) is 9.58. The number of hydroxylamine groups is 1. The summed E-state index contributed by atoms with van der Waals surface area (Å²) < 4.78 is 0. The van der Waals surface area contributed by atoms with Gasteiger partial charge in [0.25, 0.3) is 0 Å². The molecule has 0 aliphatic rings. The summed E-state index contributed by atoms with van der Waals surface area (Å²) in [5.74, 6) is 0.916. The third kappa shape index (κ3) is 3.12. The Morgan fingerprint density at radius 3 is 2.65 bits per heavy atom. The highest BCUT2D eigenvalue weighted by Gasteiger charge is 2.01. The molecule has 0 saturated carbocycles. The van der Waals surface area contributed by atoms with Crippen molar-refractivity contribution in [2.75, 3.05) is 5.73 Å². The van der Waals surface area contributed by atoms with Gasteiger partial charge in [0.15, 0.2) is 0 Å². The Labute approximate surface area is 99.6 Å². The summed E-state index contributed by atoms with van der Waals surface area (Å²) in [6.45, 7) is 0.381. The van der Waals surface area contributed by atoms with Gasteiger partial charge in [-0.05, 0) is 30.3 Å². The normalized spacial score (nSPS) is 10.1. The van der Waals surface area contributed by atoms with Crippen molar-refractivity contribution in [3.8, 4) is 11.5 Å². The van der Waals surface area contributed by atoms with Gasteiger partial charge >= 0.3 is 0 Å². The number of para-hydroxylation sites is 1. The van der Waals surface area contributed by atoms with Crippen LogP contribution in [0, 0.1) is 0 Å². The molecule has 0 atom stereocenters. The van der Waals surface area contributed by atoms with Crippen molar-refractivity contribution < 1.29 is 9.94 Å². The van der Waals surface area contributed by atoms with Crippen molar-refractivity contribution >= 4 is 5.69 Å². The Morgan fingerprint density at radius 2 is 1.88 bits per heavy atom. The zero-order chi connectivity index (χ0) is 12.1. The van der Waals surface area contributed by atoms with E-state index in [1.54, 1.807) is 18.2 Å². The zero-order valence-corrected chi connectivity index (χ0v) is 9.26. The molecule has 0 radical (unpaired) electrons. The van der Waals surface area contributed by atoms with E-state index in [-0.39, 0.29) is 5.75 Å². The molecule has 4 heteroatoms. The Morgan fingerprint density at radius 1 is 1.12 bits per heavy atom. The largest absolute Gasteiger partial charge is 0.508 e. The molecule has 0 aromatic heterocycles. The second-order valence-corrected chi connectivity index (χ2v) is 3.62. The van der Waals surface area contributed by atoms with Gasteiger partial charge in [0.05, 0.1) is 6.54 Å². The van der Waals surface area contributed by atoms with Gasteiger partial charge in [0, 0.05) is 11.3 Å². The maximum atomic E-state index is 9.58. The van der Waals surface area contributed by atoms with Gasteiger partial charge in [-0.25, -0.2) is 0 Å². The van der Waals surface area contributed by atoms with Crippen LogP contribution in [-0.4, -0.2) is 5.11 Å². The number of benzene rings is 2. The number of nitrogens with one attached hydrogen (secondary N) is 1. The van der Waals surface area contributed by atoms with Crippen LogP contribution in [0.2, 0.25) is 0 Å². The second-order valence-electron chi connectivity index (χ2n) is 3.62. The maximum absolute atomic E-state index is 9.58. The third-order valence-corrected chi connectivity index (χ3v) is 2.30. The zero-order valence-electron chi connectivity index (χ0n) is 9.26. The lowest BCUT2D eigenvalue weighted by Gasteiger charge is -2.08. The van der Waals surface area contributed by atoms with Crippen LogP contribution in [0.1, 0.15) is 5.56 Å². The first kappa shape index (κ1) is 11.3. The van der Waals surface area contributed by atoms with Gasteiger partial charge in [0.2, 0.25) is 0 Å². The van der Waals surface area contributed by atoms with E-state index in [0.29, 0.717) is 17.8 Å². The molecule has 0 bridgehead atoms. The number of anilines is 1. The van der Waals surface area contributed by atoms with Crippen LogP contribution in [0.3, 0.4) is 0 Å². The number of hydrogen-bond acceptors (Lipinski definition) is 4. The molecule has 2 aromatic carbocycles. The fourth-order valence-electron chi connectivity index (χ4n) is 1.43. The molecule has 0 fully saturated rings. The van der Waals surface area contributed by atoms with Crippen molar-refractivity contribution in [1.82, 2.24) is 5.48 Å². The predicted octanol–water partition coefficient (Wildman–Crippen LogP) is 2.06. The van der Waals surface area contributed by atoms with E-state index in [0.717, 1.165) is 5.75 Å². The van der Waals surface area contributed by atoms with Gasteiger partial charge in [-0.15, -0.1) is 0 Å². The van der Waals surface area contributed by atoms with Gasteiger partial charge in [-0.2, -0.15) is 5.48 Å². The van der Waals surface area contributed by atoms with E-state index < -0.39 is 0 Å². The molecular weight excluding hydrogens is 216 g/mol. The number of rotatable bonds is 4. The highest BCUT2D eigenvalue weighted by Crippen LogP contribution is 2.19. The molecule has 0 aliphatic carbocycles. The van der Waals surface area contributed by atoms with E-state index in [1.165, 1.54) is 0 Å². The van der Waals surface area contributed by atoms with Crippen molar-refractivity contribution in [2.24, 2.45) is 0 Å². The lowest BCUT2D eigenvalue weighted by Crippen LogP contribution is -2.17. The standard InChI is InChI=1S/C13H14N2O2/c14-11-6-7-13(16)10(8-11)9-15-17-12-4-2-1-3-5-12/h1-8,15-16H,9,14H2. The van der Waals surface area contributed by atoms with Crippen molar-refractivity contribution in [2.45, 2.75) is 6.54 Å². The van der Waals surface area contributed by atoms with Crippen molar-refractivity contribution in [3.63, 3.8) is 0 Å². The molecule has 17 heavy (non-hydrogen) atoms. The summed E-state index contributed by atoms with van der Waals surface area (Å²) in [5.41, 5.74) is 9.71. The van der Waals surface area contributed by atoms with Crippen LogP contribution in [0.4, 0.5) is 5.69 Å². The van der Waals surface area contributed by atoms with E-state index in [2.05, 4.69) is 5.48 Å². The Kier molecular flexibility index (Phi) is 3.47. The van der Waals surface area contributed by atoms with E-state index in [1.807, 2.05) is 30.3 Å². The minimum Gasteiger partial charge on any atom is -0.508 e. The van der Waals surface area contributed by atoms with Crippen LogP contribution >= 0.6 is 0 Å². The summed E-state index contributed by atoms with van der Waals surface area (Å²) in [7, 11) is 0. The van der Waals surface area contributed by atoms with Gasteiger partial charge in [0.1, 0.15) is 11.5 Å². The Balaban J connectivity index is 1.92. The minimum atomic E-state index is 0.198. The average Bonchev–Trinajstić information content (AvgIpc) is 2.35. The quantitative estimate of drug-likeness (QED) is 0.427. The SMILES string of the molecule is Nc1ccc(O)c(CNOc2ccccc2)c1. The molecule has 2 aromatic rings. The molecule has 2 rings (SSSR count). The van der Waals surface area contributed by atoms with Crippen LogP contribution in [0.5, 0.6) is 11.5 Å². The van der Waals surface area contributed by atoms with Gasteiger partial charge in [-0.1, -0.05) is 18.2 Å². The maximum Gasteiger partial charge on any atom is 0.147 e. The van der Waals surface area contributed by atoms with Crippen LogP contribution in [0.15, 0.2) is 48.5 Å². The first-order valence-corrected chi connectivity index (χ1v) is 5.28. The first-order chi connectivity index (χ1) is 8.25. The smallest absolute Gasteiger partial charge is 0.147 e. The highest BCUT2D eigenvalue weighted by molar-refractivity contribution is 5.47. The molecule has 0 unspecified atom stereocenters. The molecule has 0 saturated heterocycles. The predicted molar refractivity (Wildman–Crippen MR) is 66.4 cm³/mol. The first-order valence-electron chi connectivity index (χ1n) is 5.28. The summed E-state index contributed by atoms with van der Waals surface area (Å²) >= 11 is 0. The minimum absolute atomic E-state index is 0.198. The Bertz CT molecular complexity index is 486.